The van der Waals surface area contributed by atoms with E-state index < -0.39 is 7.26 Å². The topological polar surface area (TPSA) is 41.1 Å². The first kappa shape index (κ1) is 25.4. The number of hydrogen-bond acceptors (Lipinski definition) is 1. The fraction of sp³-hybridized carbons (Fsp3) is 0.0882. The molecule has 4 heteroatoms. The lowest BCUT2D eigenvalue weighted by molar-refractivity contribution is 0.241. The molecule has 0 saturated carbocycles. The number of nitrogens with one attached hydrogen (secondary N) is 2. The molecule has 0 unspecified atom stereocenters. The Morgan fingerprint density at radius 1 is 0.526 bits per heavy atom. The third-order valence-electron chi connectivity index (χ3n) is 6.76. The summed E-state index contributed by atoms with van der Waals surface area (Å²) in [5, 5.41) is 11.0. The van der Waals surface area contributed by atoms with Gasteiger partial charge in [-0.25, -0.2) is 4.79 Å². The molecular formula is C34H32N2OP+. The zero-order valence-electron chi connectivity index (χ0n) is 21.5. The maximum atomic E-state index is 11.7. The van der Waals surface area contributed by atoms with Crippen molar-refractivity contribution < 1.29 is 4.79 Å². The highest BCUT2D eigenvalue weighted by Gasteiger charge is 2.47. The van der Waals surface area contributed by atoms with Gasteiger partial charge in [0.05, 0.1) is 0 Å². The summed E-state index contributed by atoms with van der Waals surface area (Å²) < 4.78 is 0. The van der Waals surface area contributed by atoms with Crippen molar-refractivity contribution in [1.82, 2.24) is 10.6 Å². The van der Waals surface area contributed by atoms with Crippen LogP contribution in [-0.2, 0) is 6.54 Å². The first-order valence-corrected chi connectivity index (χ1v) is 14.8. The van der Waals surface area contributed by atoms with Crippen molar-refractivity contribution in [2.75, 3.05) is 6.54 Å². The van der Waals surface area contributed by atoms with Crippen molar-refractivity contribution in [3.8, 4) is 11.1 Å². The van der Waals surface area contributed by atoms with Crippen LogP contribution in [0.2, 0.25) is 0 Å². The molecule has 38 heavy (non-hydrogen) atoms. The molecule has 5 rings (SSSR count). The lowest BCUT2D eigenvalue weighted by atomic mass is 10.0. The highest BCUT2D eigenvalue weighted by molar-refractivity contribution is 8.01. The van der Waals surface area contributed by atoms with Crippen LogP contribution in [0.4, 0.5) is 4.79 Å². The van der Waals surface area contributed by atoms with Gasteiger partial charge in [-0.15, -0.1) is 0 Å². The van der Waals surface area contributed by atoms with Gasteiger partial charge in [0.15, 0.2) is 0 Å². The van der Waals surface area contributed by atoms with E-state index in [2.05, 4.69) is 150 Å². The molecule has 2 amide bonds. The molecule has 0 heterocycles. The molecule has 0 saturated heterocycles. The summed E-state index contributed by atoms with van der Waals surface area (Å²) in [7, 11) is -2.10. The first-order valence-electron chi connectivity index (χ1n) is 13.0. The number of carbonyl (C=O) groups excluding carboxylic acids is 1. The standard InChI is InChI=1S/C34H31N2OP/c1-2-35-34(37)36-26-27-18-20-28(21-19-27)29-22-24-33(25-23-29)38(30-12-6-3-7-13-30,31-14-8-4-9-15-31)32-16-10-5-11-17-32/h3-25H,2,26H2,1H3,(H-,35,36,37)/p+1. The van der Waals surface area contributed by atoms with E-state index in [1.807, 2.05) is 6.92 Å². The second kappa shape index (κ2) is 11.9. The normalized spacial score (nSPS) is 11.1. The Hall–Kier alpha value is -4.20. The minimum absolute atomic E-state index is 0.144. The van der Waals surface area contributed by atoms with Crippen molar-refractivity contribution in [1.29, 1.82) is 0 Å². The average molecular weight is 516 g/mol. The van der Waals surface area contributed by atoms with Gasteiger partial charge in [0.25, 0.3) is 0 Å². The van der Waals surface area contributed by atoms with Crippen LogP contribution in [0.1, 0.15) is 12.5 Å². The van der Waals surface area contributed by atoms with E-state index in [-0.39, 0.29) is 6.03 Å². The van der Waals surface area contributed by atoms with Gasteiger partial charge in [0.1, 0.15) is 28.5 Å². The van der Waals surface area contributed by atoms with Crippen molar-refractivity contribution in [3.63, 3.8) is 0 Å². The molecule has 5 aromatic carbocycles. The van der Waals surface area contributed by atoms with Crippen molar-refractivity contribution >= 4 is 34.5 Å². The van der Waals surface area contributed by atoms with Crippen LogP contribution < -0.4 is 31.9 Å². The van der Waals surface area contributed by atoms with Gasteiger partial charge in [-0.3, -0.25) is 0 Å². The zero-order chi connectivity index (χ0) is 26.2. The van der Waals surface area contributed by atoms with Crippen LogP contribution in [0.15, 0.2) is 140 Å². The van der Waals surface area contributed by atoms with Crippen LogP contribution in [0.5, 0.6) is 0 Å². The molecule has 0 aliphatic heterocycles. The molecule has 188 valence electrons. The van der Waals surface area contributed by atoms with E-state index in [1.165, 1.54) is 26.8 Å². The quantitative estimate of drug-likeness (QED) is 0.252. The lowest BCUT2D eigenvalue weighted by Crippen LogP contribution is -2.38. The van der Waals surface area contributed by atoms with E-state index in [4.69, 9.17) is 0 Å². The highest BCUT2D eigenvalue weighted by atomic mass is 31.2. The summed E-state index contributed by atoms with van der Waals surface area (Å²) in [6.07, 6.45) is 0. The van der Waals surface area contributed by atoms with E-state index in [1.54, 1.807) is 0 Å². The van der Waals surface area contributed by atoms with Gasteiger partial charge in [-0.1, -0.05) is 91.0 Å². The molecule has 0 aromatic heterocycles. The molecule has 0 fully saturated rings. The van der Waals surface area contributed by atoms with Crippen LogP contribution in [0.25, 0.3) is 11.1 Å². The van der Waals surface area contributed by atoms with Crippen LogP contribution in [-0.4, -0.2) is 12.6 Å². The van der Waals surface area contributed by atoms with Gasteiger partial charge in [-0.2, -0.15) is 0 Å². The van der Waals surface area contributed by atoms with E-state index in [0.29, 0.717) is 13.1 Å². The number of carbonyl (C=O) groups is 1. The zero-order valence-corrected chi connectivity index (χ0v) is 22.4. The van der Waals surface area contributed by atoms with Gasteiger partial charge in [0.2, 0.25) is 0 Å². The van der Waals surface area contributed by atoms with E-state index >= 15 is 0 Å². The minimum Gasteiger partial charge on any atom is -0.338 e. The Balaban J connectivity index is 1.53. The smallest absolute Gasteiger partial charge is 0.315 e. The fourth-order valence-electron chi connectivity index (χ4n) is 4.95. The number of benzene rings is 5. The van der Waals surface area contributed by atoms with Gasteiger partial charge < -0.3 is 10.6 Å². The van der Waals surface area contributed by atoms with Gasteiger partial charge in [-0.05, 0) is 72.1 Å². The second-order valence-electron chi connectivity index (χ2n) is 9.13. The van der Waals surface area contributed by atoms with E-state index in [0.717, 1.165) is 11.1 Å². The fourth-order valence-corrected chi connectivity index (χ4v) is 9.19. The van der Waals surface area contributed by atoms with Gasteiger partial charge in [0, 0.05) is 13.1 Å². The molecule has 3 nitrogen and oxygen atoms in total. The molecule has 0 aliphatic carbocycles. The molecule has 0 atom stereocenters. The summed E-state index contributed by atoms with van der Waals surface area (Å²) in [5.74, 6) is 0. The van der Waals surface area contributed by atoms with Crippen molar-refractivity contribution in [2.24, 2.45) is 0 Å². The van der Waals surface area contributed by atoms with E-state index in [9.17, 15) is 4.79 Å². The third-order valence-corrected chi connectivity index (χ3v) is 11.1. The maximum Gasteiger partial charge on any atom is 0.315 e. The SMILES string of the molecule is CCNC(=O)NCc1ccc(-c2ccc([P+](c3ccccc3)(c3ccccc3)c3ccccc3)cc2)cc1. The van der Waals surface area contributed by atoms with Crippen LogP contribution in [0.3, 0.4) is 0 Å². The Labute approximate surface area is 225 Å². The van der Waals surface area contributed by atoms with Crippen LogP contribution >= 0.6 is 7.26 Å². The summed E-state index contributed by atoms with van der Waals surface area (Å²) in [5.41, 5.74) is 3.39. The molecule has 0 aliphatic rings. The first-order chi connectivity index (χ1) is 18.7. The Morgan fingerprint density at radius 3 is 1.34 bits per heavy atom. The number of rotatable bonds is 8. The number of amides is 2. The maximum absolute atomic E-state index is 11.7. The third kappa shape index (κ3) is 5.25. The second-order valence-corrected chi connectivity index (χ2v) is 12.5. The Kier molecular flexibility index (Phi) is 7.97. The molecule has 2 N–H and O–H groups in total. The molecule has 0 radical (unpaired) electrons. The number of hydrogen-bond donors (Lipinski definition) is 2. The van der Waals surface area contributed by atoms with Crippen LogP contribution in [0, 0.1) is 0 Å². The monoisotopic (exact) mass is 515 g/mol. The molecule has 5 aromatic rings. The summed E-state index contributed by atoms with van der Waals surface area (Å²) >= 11 is 0. The largest absolute Gasteiger partial charge is 0.338 e. The van der Waals surface area contributed by atoms with Crippen molar-refractivity contribution in [3.05, 3.63) is 145 Å². The predicted octanol–water partition coefficient (Wildman–Crippen LogP) is 5.79. The summed E-state index contributed by atoms with van der Waals surface area (Å²) in [6, 6.07) is 50.1. The summed E-state index contributed by atoms with van der Waals surface area (Å²) in [4.78, 5) is 11.7. The molecule has 0 spiro atoms. The van der Waals surface area contributed by atoms with Gasteiger partial charge >= 0.3 is 6.03 Å². The summed E-state index contributed by atoms with van der Waals surface area (Å²) in [6.45, 7) is 3.03. The lowest BCUT2D eigenvalue weighted by Gasteiger charge is -2.27. The average Bonchev–Trinajstić information content (AvgIpc) is 2.99. The highest BCUT2D eigenvalue weighted by Crippen LogP contribution is 2.54. The molecular weight excluding hydrogens is 483 g/mol. The molecule has 0 bridgehead atoms. The minimum atomic E-state index is -2.10. The predicted molar refractivity (Wildman–Crippen MR) is 163 cm³/mol. The Morgan fingerprint density at radius 2 is 0.921 bits per heavy atom. The Bertz CT molecular complexity index is 1360. The van der Waals surface area contributed by atoms with Crippen molar-refractivity contribution in [2.45, 2.75) is 13.5 Å². The number of urea groups is 1.